The van der Waals surface area contributed by atoms with Gasteiger partial charge in [-0.25, -0.2) is 4.98 Å². The molecule has 1 unspecified atom stereocenters. The van der Waals surface area contributed by atoms with Gasteiger partial charge in [-0.15, -0.1) is 0 Å². The lowest BCUT2D eigenvalue weighted by atomic mass is 10.0. The van der Waals surface area contributed by atoms with Gasteiger partial charge in [0, 0.05) is 11.6 Å². The molecule has 2 rings (SSSR count). The Morgan fingerprint density at radius 1 is 1.33 bits per heavy atom. The second-order valence-electron chi connectivity index (χ2n) is 3.72. The summed E-state index contributed by atoms with van der Waals surface area (Å²) < 4.78 is 5.26. The van der Waals surface area contributed by atoms with Gasteiger partial charge in [-0.3, -0.25) is 0 Å². The van der Waals surface area contributed by atoms with Crippen molar-refractivity contribution in [1.82, 2.24) is 4.98 Å². The van der Waals surface area contributed by atoms with Gasteiger partial charge in [0.25, 0.3) is 0 Å². The van der Waals surface area contributed by atoms with Crippen LogP contribution in [0.4, 0.5) is 5.69 Å². The molecule has 0 fully saturated rings. The number of hydrogen-bond donors (Lipinski definition) is 1. The minimum atomic E-state index is 0.295. The van der Waals surface area contributed by atoms with Crippen molar-refractivity contribution in [3.63, 3.8) is 0 Å². The third-order valence-corrected chi connectivity index (χ3v) is 2.39. The molecule has 0 aliphatic rings. The topological polar surface area (TPSA) is 52.0 Å². The molecule has 15 heavy (non-hydrogen) atoms. The molecule has 0 spiro atoms. The molecule has 3 nitrogen and oxygen atoms in total. The Bertz CT molecular complexity index is 406. The fraction of sp³-hybridized carbons (Fsp3) is 0.250. The van der Waals surface area contributed by atoms with E-state index in [1.807, 2.05) is 24.3 Å². The Labute approximate surface area is 88.9 Å². The van der Waals surface area contributed by atoms with E-state index in [4.69, 9.17) is 10.2 Å². The molecular formula is C12H14N2O. The molecule has 3 heteroatoms. The third-order valence-electron chi connectivity index (χ3n) is 2.39. The molecule has 0 amide bonds. The van der Waals surface area contributed by atoms with E-state index in [2.05, 4.69) is 11.9 Å². The molecule has 1 heterocycles. The summed E-state index contributed by atoms with van der Waals surface area (Å²) in [4.78, 5) is 4.14. The first kappa shape index (κ1) is 9.77. The van der Waals surface area contributed by atoms with E-state index < -0.39 is 0 Å². The fourth-order valence-corrected chi connectivity index (χ4v) is 1.57. The summed E-state index contributed by atoms with van der Waals surface area (Å²) in [5, 5.41) is 0. The van der Waals surface area contributed by atoms with Crippen LogP contribution in [0.1, 0.15) is 24.3 Å². The van der Waals surface area contributed by atoms with Crippen molar-refractivity contribution in [3.05, 3.63) is 48.2 Å². The number of anilines is 1. The number of nitrogens with two attached hydrogens (primary N) is 1. The van der Waals surface area contributed by atoms with Crippen LogP contribution in [-0.2, 0) is 6.42 Å². The van der Waals surface area contributed by atoms with E-state index in [1.54, 1.807) is 12.5 Å². The SMILES string of the molecule is CC(Cc1ccc(N)cc1)c1ncco1. The molecule has 2 aromatic rings. The van der Waals surface area contributed by atoms with Crippen molar-refractivity contribution < 1.29 is 4.42 Å². The van der Waals surface area contributed by atoms with E-state index in [9.17, 15) is 0 Å². The van der Waals surface area contributed by atoms with Gasteiger partial charge in [-0.1, -0.05) is 19.1 Å². The van der Waals surface area contributed by atoms with Gasteiger partial charge in [-0.2, -0.15) is 0 Å². The van der Waals surface area contributed by atoms with Gasteiger partial charge in [0.2, 0.25) is 0 Å². The van der Waals surface area contributed by atoms with Crippen LogP contribution in [0.5, 0.6) is 0 Å². The van der Waals surface area contributed by atoms with Crippen molar-refractivity contribution in [2.24, 2.45) is 0 Å². The van der Waals surface area contributed by atoms with Crippen LogP contribution in [0.3, 0.4) is 0 Å². The first-order valence-electron chi connectivity index (χ1n) is 4.99. The van der Waals surface area contributed by atoms with E-state index >= 15 is 0 Å². The van der Waals surface area contributed by atoms with Crippen molar-refractivity contribution in [1.29, 1.82) is 0 Å². The number of hydrogen-bond acceptors (Lipinski definition) is 3. The van der Waals surface area contributed by atoms with Crippen molar-refractivity contribution in [2.75, 3.05) is 5.73 Å². The van der Waals surface area contributed by atoms with Crippen LogP contribution < -0.4 is 5.73 Å². The zero-order chi connectivity index (χ0) is 10.7. The highest BCUT2D eigenvalue weighted by Crippen LogP contribution is 2.19. The second kappa shape index (κ2) is 4.17. The highest BCUT2D eigenvalue weighted by atomic mass is 16.3. The minimum Gasteiger partial charge on any atom is -0.449 e. The van der Waals surface area contributed by atoms with Crippen LogP contribution in [0.15, 0.2) is 41.1 Å². The molecule has 1 aromatic carbocycles. The van der Waals surface area contributed by atoms with E-state index in [0.29, 0.717) is 5.92 Å². The highest BCUT2D eigenvalue weighted by molar-refractivity contribution is 5.39. The van der Waals surface area contributed by atoms with Gasteiger partial charge in [0.05, 0.1) is 6.20 Å². The Morgan fingerprint density at radius 3 is 2.67 bits per heavy atom. The van der Waals surface area contributed by atoms with Gasteiger partial charge in [-0.05, 0) is 24.1 Å². The van der Waals surface area contributed by atoms with Crippen molar-refractivity contribution >= 4 is 5.69 Å². The highest BCUT2D eigenvalue weighted by Gasteiger charge is 2.10. The molecule has 0 radical (unpaired) electrons. The van der Waals surface area contributed by atoms with E-state index in [0.717, 1.165) is 18.0 Å². The predicted octanol–water partition coefficient (Wildman–Crippen LogP) is 2.60. The molecule has 0 saturated heterocycles. The number of rotatable bonds is 3. The predicted molar refractivity (Wildman–Crippen MR) is 59.5 cm³/mol. The van der Waals surface area contributed by atoms with E-state index in [1.165, 1.54) is 5.56 Å². The number of oxazole rings is 1. The smallest absolute Gasteiger partial charge is 0.197 e. The molecule has 1 aromatic heterocycles. The lowest BCUT2D eigenvalue weighted by molar-refractivity contribution is 0.457. The standard InChI is InChI=1S/C12H14N2O/c1-9(12-14-6-7-15-12)8-10-2-4-11(13)5-3-10/h2-7,9H,8,13H2,1H3. The second-order valence-corrected chi connectivity index (χ2v) is 3.72. The summed E-state index contributed by atoms with van der Waals surface area (Å²) >= 11 is 0. The summed E-state index contributed by atoms with van der Waals surface area (Å²) in [5.41, 5.74) is 7.66. The van der Waals surface area contributed by atoms with Gasteiger partial charge < -0.3 is 10.2 Å². The molecular weight excluding hydrogens is 188 g/mol. The zero-order valence-electron chi connectivity index (χ0n) is 8.68. The largest absolute Gasteiger partial charge is 0.449 e. The monoisotopic (exact) mass is 202 g/mol. The number of nitrogens with zero attached hydrogens (tertiary/aromatic N) is 1. The lowest BCUT2D eigenvalue weighted by Gasteiger charge is -2.07. The van der Waals surface area contributed by atoms with Crippen LogP contribution >= 0.6 is 0 Å². The normalized spacial score (nSPS) is 12.6. The van der Waals surface area contributed by atoms with Gasteiger partial charge >= 0.3 is 0 Å². The van der Waals surface area contributed by atoms with Crippen LogP contribution in [-0.4, -0.2) is 4.98 Å². The Balaban J connectivity index is 2.06. The number of nitrogen functional groups attached to an aromatic ring is 1. The zero-order valence-corrected chi connectivity index (χ0v) is 8.68. The molecule has 0 aliphatic carbocycles. The Kier molecular flexibility index (Phi) is 2.72. The summed E-state index contributed by atoms with van der Waals surface area (Å²) in [6.07, 6.45) is 4.20. The average Bonchev–Trinajstić information content (AvgIpc) is 2.74. The molecule has 78 valence electrons. The van der Waals surface area contributed by atoms with Crippen LogP contribution in [0.2, 0.25) is 0 Å². The van der Waals surface area contributed by atoms with Crippen LogP contribution in [0.25, 0.3) is 0 Å². The Hall–Kier alpha value is -1.77. The van der Waals surface area contributed by atoms with Crippen LogP contribution in [0, 0.1) is 0 Å². The van der Waals surface area contributed by atoms with Crippen molar-refractivity contribution in [2.45, 2.75) is 19.3 Å². The third kappa shape index (κ3) is 2.37. The van der Waals surface area contributed by atoms with E-state index in [-0.39, 0.29) is 0 Å². The Morgan fingerprint density at radius 2 is 2.07 bits per heavy atom. The average molecular weight is 202 g/mol. The molecule has 1 atom stereocenters. The molecule has 0 bridgehead atoms. The number of benzene rings is 1. The van der Waals surface area contributed by atoms with Crippen molar-refractivity contribution in [3.8, 4) is 0 Å². The lowest BCUT2D eigenvalue weighted by Crippen LogP contribution is -1.98. The first-order valence-corrected chi connectivity index (χ1v) is 4.99. The summed E-state index contributed by atoms with van der Waals surface area (Å²) in [7, 11) is 0. The van der Waals surface area contributed by atoms with Gasteiger partial charge in [0.1, 0.15) is 6.26 Å². The quantitative estimate of drug-likeness (QED) is 0.778. The van der Waals surface area contributed by atoms with Gasteiger partial charge in [0.15, 0.2) is 5.89 Å². The summed E-state index contributed by atoms with van der Waals surface area (Å²) in [6.45, 7) is 2.10. The fourth-order valence-electron chi connectivity index (χ4n) is 1.57. The molecule has 0 saturated carbocycles. The maximum Gasteiger partial charge on any atom is 0.197 e. The molecule has 2 N–H and O–H groups in total. The maximum absolute atomic E-state index is 5.62. The summed E-state index contributed by atoms with van der Waals surface area (Å²) in [5.74, 6) is 1.08. The maximum atomic E-state index is 5.62. The summed E-state index contributed by atoms with van der Waals surface area (Å²) in [6, 6.07) is 7.90. The first-order chi connectivity index (χ1) is 7.25. The minimum absolute atomic E-state index is 0.295. The number of aromatic nitrogens is 1. The molecule has 0 aliphatic heterocycles.